The van der Waals surface area contributed by atoms with Gasteiger partial charge in [0.2, 0.25) is 11.8 Å². The molecule has 3 atom stereocenters. The molecule has 3 aliphatic heterocycles. The summed E-state index contributed by atoms with van der Waals surface area (Å²) in [6.45, 7) is 8.04. The van der Waals surface area contributed by atoms with E-state index in [1.807, 2.05) is 16.7 Å². The van der Waals surface area contributed by atoms with Gasteiger partial charge in [0.05, 0.1) is 19.3 Å². The lowest BCUT2D eigenvalue weighted by atomic mass is 10.0. The number of likely N-dealkylation sites (tertiary alicyclic amines) is 2. The number of ether oxygens (including phenoxy) is 1. The largest absolute Gasteiger partial charge is 0.375 e. The fourth-order valence-corrected chi connectivity index (χ4v) is 4.39. The van der Waals surface area contributed by atoms with Crippen molar-refractivity contribution in [3.63, 3.8) is 0 Å². The topological polar surface area (TPSA) is 53.1 Å². The Morgan fingerprint density at radius 3 is 2.57 bits per heavy atom. The first-order valence-electron chi connectivity index (χ1n) is 8.97. The van der Waals surface area contributed by atoms with Gasteiger partial charge in [0.1, 0.15) is 0 Å². The van der Waals surface area contributed by atoms with E-state index in [4.69, 9.17) is 4.74 Å². The summed E-state index contributed by atoms with van der Waals surface area (Å²) in [5.41, 5.74) is 0. The highest BCUT2D eigenvalue weighted by atomic mass is 16.5. The minimum Gasteiger partial charge on any atom is -0.375 e. The first-order chi connectivity index (χ1) is 11.1. The van der Waals surface area contributed by atoms with Gasteiger partial charge in [-0.15, -0.1) is 0 Å². The molecule has 3 fully saturated rings. The van der Waals surface area contributed by atoms with Crippen LogP contribution in [-0.2, 0) is 14.3 Å². The van der Waals surface area contributed by atoms with E-state index in [0.717, 1.165) is 38.8 Å². The van der Waals surface area contributed by atoms with Crippen molar-refractivity contribution >= 4 is 11.8 Å². The molecular weight excluding hydrogens is 294 g/mol. The molecule has 6 nitrogen and oxygen atoms in total. The first kappa shape index (κ1) is 16.7. The lowest BCUT2D eigenvalue weighted by Gasteiger charge is -2.36. The van der Waals surface area contributed by atoms with Gasteiger partial charge in [0.25, 0.3) is 0 Å². The summed E-state index contributed by atoms with van der Waals surface area (Å²) in [4.78, 5) is 30.7. The Morgan fingerprint density at radius 1 is 1.09 bits per heavy atom. The number of morpholine rings is 1. The van der Waals surface area contributed by atoms with Gasteiger partial charge in [0.15, 0.2) is 0 Å². The van der Waals surface area contributed by atoms with Crippen LogP contribution >= 0.6 is 0 Å². The van der Waals surface area contributed by atoms with Crippen LogP contribution in [-0.4, -0.2) is 84.0 Å². The van der Waals surface area contributed by atoms with E-state index >= 15 is 0 Å². The highest BCUT2D eigenvalue weighted by Crippen LogP contribution is 2.30. The molecule has 0 aromatic carbocycles. The quantitative estimate of drug-likeness (QED) is 0.767. The van der Waals surface area contributed by atoms with Crippen LogP contribution in [0.1, 0.15) is 39.5 Å². The monoisotopic (exact) mass is 323 g/mol. The lowest BCUT2D eigenvalue weighted by molar-refractivity contribution is -0.140. The van der Waals surface area contributed by atoms with E-state index in [1.165, 1.54) is 0 Å². The van der Waals surface area contributed by atoms with Crippen molar-refractivity contribution < 1.29 is 14.3 Å². The lowest BCUT2D eigenvalue weighted by Crippen LogP contribution is -2.52. The summed E-state index contributed by atoms with van der Waals surface area (Å²) >= 11 is 0. The van der Waals surface area contributed by atoms with Gasteiger partial charge in [-0.25, -0.2) is 0 Å². The van der Waals surface area contributed by atoms with Crippen LogP contribution in [0.3, 0.4) is 0 Å². The third kappa shape index (κ3) is 3.69. The summed E-state index contributed by atoms with van der Waals surface area (Å²) in [7, 11) is 0. The number of hydrogen-bond donors (Lipinski definition) is 0. The van der Waals surface area contributed by atoms with Crippen molar-refractivity contribution in [1.29, 1.82) is 0 Å². The maximum atomic E-state index is 12.6. The van der Waals surface area contributed by atoms with Gasteiger partial charge in [-0.1, -0.05) is 0 Å². The molecular formula is C17H29N3O3. The van der Waals surface area contributed by atoms with E-state index in [-0.39, 0.29) is 17.9 Å². The zero-order chi connectivity index (χ0) is 16.4. The predicted molar refractivity (Wildman–Crippen MR) is 87.0 cm³/mol. The molecule has 130 valence electrons. The highest BCUT2D eigenvalue weighted by Gasteiger charge is 2.39. The molecule has 3 aliphatic rings. The second-order valence-corrected chi connectivity index (χ2v) is 7.12. The Bertz CT molecular complexity index is 456. The number of carbonyl (C=O) groups is 2. The Morgan fingerprint density at radius 2 is 1.83 bits per heavy atom. The number of nitrogens with zero attached hydrogens (tertiary/aromatic N) is 3. The summed E-state index contributed by atoms with van der Waals surface area (Å²) in [5, 5.41) is 0. The molecule has 2 amide bonds. The van der Waals surface area contributed by atoms with Gasteiger partial charge in [-0.3, -0.25) is 14.5 Å². The minimum absolute atomic E-state index is 0.130. The maximum Gasteiger partial charge on any atom is 0.236 e. The molecule has 0 aromatic heterocycles. The molecule has 0 aliphatic carbocycles. The minimum atomic E-state index is 0.130. The molecule has 23 heavy (non-hydrogen) atoms. The van der Waals surface area contributed by atoms with Crippen LogP contribution in [0.2, 0.25) is 0 Å². The van der Waals surface area contributed by atoms with Crippen LogP contribution in [0.4, 0.5) is 0 Å². The van der Waals surface area contributed by atoms with Crippen molar-refractivity contribution in [2.45, 2.75) is 57.7 Å². The summed E-state index contributed by atoms with van der Waals surface area (Å²) in [5.74, 6) is 0.382. The zero-order valence-electron chi connectivity index (χ0n) is 14.4. The fraction of sp³-hybridized carbons (Fsp3) is 0.882. The van der Waals surface area contributed by atoms with Gasteiger partial charge in [-0.05, 0) is 39.2 Å². The molecule has 0 bridgehead atoms. The van der Waals surface area contributed by atoms with Crippen molar-refractivity contribution in [1.82, 2.24) is 14.7 Å². The molecule has 0 spiro atoms. The average Bonchev–Trinajstić information content (AvgIpc) is 3.15. The van der Waals surface area contributed by atoms with E-state index in [1.54, 1.807) is 6.92 Å². The molecule has 3 rings (SSSR count). The number of carbonyl (C=O) groups excluding carboxylic acids is 2. The van der Waals surface area contributed by atoms with Crippen molar-refractivity contribution in [3.8, 4) is 0 Å². The number of rotatable bonds is 3. The Kier molecular flexibility index (Phi) is 5.21. The zero-order valence-corrected chi connectivity index (χ0v) is 14.4. The third-order valence-corrected chi connectivity index (χ3v) is 5.49. The first-order valence-corrected chi connectivity index (χ1v) is 8.97. The van der Waals surface area contributed by atoms with Crippen LogP contribution in [0, 0.1) is 0 Å². The Labute approximate surface area is 138 Å². The van der Waals surface area contributed by atoms with Crippen molar-refractivity contribution in [2.24, 2.45) is 0 Å². The number of amides is 2. The second-order valence-electron chi connectivity index (χ2n) is 7.12. The van der Waals surface area contributed by atoms with Crippen LogP contribution < -0.4 is 0 Å². The predicted octanol–water partition coefficient (Wildman–Crippen LogP) is 0.709. The molecule has 0 N–H and O–H groups in total. The fourth-order valence-electron chi connectivity index (χ4n) is 4.39. The van der Waals surface area contributed by atoms with E-state index < -0.39 is 0 Å². The summed E-state index contributed by atoms with van der Waals surface area (Å²) in [6, 6.07) is 0.648. The van der Waals surface area contributed by atoms with E-state index in [9.17, 15) is 9.59 Å². The van der Waals surface area contributed by atoms with Gasteiger partial charge in [-0.2, -0.15) is 0 Å². The third-order valence-electron chi connectivity index (χ3n) is 5.49. The maximum absolute atomic E-state index is 12.6. The SMILES string of the molecule is CC(=O)N1CCC[C@@H]1[C@@H]1CCCN1CC(=O)N1CCO[C@@H](C)C1. The molecule has 3 heterocycles. The smallest absolute Gasteiger partial charge is 0.236 e. The average molecular weight is 323 g/mol. The van der Waals surface area contributed by atoms with Gasteiger partial charge < -0.3 is 14.5 Å². The van der Waals surface area contributed by atoms with E-state index in [2.05, 4.69) is 4.90 Å². The van der Waals surface area contributed by atoms with Gasteiger partial charge >= 0.3 is 0 Å². The van der Waals surface area contributed by atoms with Crippen molar-refractivity contribution in [2.75, 3.05) is 39.3 Å². The molecule has 0 saturated carbocycles. The standard InChI is InChI=1S/C17H29N3O3/c1-13-11-19(9-10-23-13)17(22)12-18-7-3-5-15(18)16-6-4-8-20(16)14(2)21/h13,15-16H,3-12H2,1-2H3/t13-,15-,16+/m0/s1. The van der Waals surface area contributed by atoms with Crippen LogP contribution in [0.5, 0.6) is 0 Å². The molecule has 0 radical (unpaired) electrons. The molecule has 0 unspecified atom stereocenters. The van der Waals surface area contributed by atoms with Crippen LogP contribution in [0.15, 0.2) is 0 Å². The van der Waals surface area contributed by atoms with Crippen LogP contribution in [0.25, 0.3) is 0 Å². The normalized spacial score (nSPS) is 32.5. The summed E-state index contributed by atoms with van der Waals surface area (Å²) < 4.78 is 5.52. The Hall–Kier alpha value is -1.14. The molecule has 0 aromatic rings. The second kappa shape index (κ2) is 7.18. The van der Waals surface area contributed by atoms with Gasteiger partial charge in [0, 0.05) is 38.6 Å². The summed E-state index contributed by atoms with van der Waals surface area (Å²) in [6.07, 6.45) is 4.51. The number of hydrogen-bond acceptors (Lipinski definition) is 4. The Balaban J connectivity index is 1.60. The highest BCUT2D eigenvalue weighted by molar-refractivity contribution is 5.78. The van der Waals surface area contributed by atoms with E-state index in [0.29, 0.717) is 38.3 Å². The molecule has 3 saturated heterocycles. The van der Waals surface area contributed by atoms with Crippen molar-refractivity contribution in [3.05, 3.63) is 0 Å². The molecule has 6 heteroatoms.